The fraction of sp³-hybridized carbons (Fsp3) is 0.0769. The molecule has 87 valence electrons. The normalized spacial score (nSPS) is 10.5. The van der Waals surface area contributed by atoms with Crippen LogP contribution in [0.2, 0.25) is 0 Å². The van der Waals surface area contributed by atoms with E-state index in [2.05, 4.69) is 6.07 Å². The van der Waals surface area contributed by atoms with Crippen molar-refractivity contribution in [2.45, 2.75) is 4.90 Å². The summed E-state index contributed by atoms with van der Waals surface area (Å²) in [5.74, 6) is 0.785. The molecule has 4 heteroatoms. The zero-order valence-electron chi connectivity index (χ0n) is 9.21. The smallest absolute Gasteiger partial charge is 0.168 e. The first-order valence-electron chi connectivity index (χ1n) is 5.01. The van der Waals surface area contributed by atoms with E-state index < -0.39 is 10.7 Å². The number of thiol groups is 1. The molecule has 0 saturated carbocycles. The predicted octanol–water partition coefficient (Wildman–Crippen LogP) is 2.13. The number of hydrogen-bond acceptors (Lipinski definition) is 3. The Morgan fingerprint density at radius 3 is 2.24 bits per heavy atom. The monoisotopic (exact) mass is 247 g/mol. The Bertz CT molecular complexity index is 561. The maximum Gasteiger partial charge on any atom is 0.168 e. The molecule has 0 fully saturated rings. The standard InChI is InChI=1S/C13H11O3S/c1-16-12-6-2-10(3-7-12)11-4-8-13(9-5-11)17(14)15/h2-4,6-9,17H,1H3. The van der Waals surface area contributed by atoms with Gasteiger partial charge in [0.2, 0.25) is 0 Å². The molecule has 0 unspecified atom stereocenters. The second-order valence-corrected chi connectivity index (χ2v) is 4.48. The van der Waals surface area contributed by atoms with Crippen molar-refractivity contribution in [3.63, 3.8) is 0 Å². The van der Waals surface area contributed by atoms with Crippen molar-refractivity contribution in [2.24, 2.45) is 0 Å². The zero-order valence-corrected chi connectivity index (χ0v) is 10.1. The number of methoxy groups -OCH3 is 1. The van der Waals surface area contributed by atoms with Crippen LogP contribution in [-0.2, 0) is 10.7 Å². The van der Waals surface area contributed by atoms with Crippen LogP contribution < -0.4 is 4.74 Å². The molecule has 0 aromatic heterocycles. The topological polar surface area (TPSA) is 43.4 Å². The van der Waals surface area contributed by atoms with E-state index in [0.29, 0.717) is 0 Å². The van der Waals surface area contributed by atoms with Crippen molar-refractivity contribution < 1.29 is 13.2 Å². The van der Waals surface area contributed by atoms with Crippen LogP contribution in [0.1, 0.15) is 0 Å². The van der Waals surface area contributed by atoms with Gasteiger partial charge in [0.25, 0.3) is 0 Å². The second kappa shape index (κ2) is 5.01. The van der Waals surface area contributed by atoms with E-state index in [1.165, 1.54) is 6.07 Å². The summed E-state index contributed by atoms with van der Waals surface area (Å²) in [5.41, 5.74) is 1.83. The summed E-state index contributed by atoms with van der Waals surface area (Å²) >= 11 is 0. The molecule has 0 heterocycles. The molecule has 0 atom stereocenters. The molecule has 0 N–H and O–H groups in total. The highest BCUT2D eigenvalue weighted by Gasteiger charge is 2.00. The van der Waals surface area contributed by atoms with E-state index in [0.717, 1.165) is 16.9 Å². The van der Waals surface area contributed by atoms with Gasteiger partial charge in [-0.2, -0.15) is 0 Å². The summed E-state index contributed by atoms with van der Waals surface area (Å²) in [6.07, 6.45) is 0. The third-order valence-corrected chi connectivity index (χ3v) is 3.11. The summed E-state index contributed by atoms with van der Waals surface area (Å²) in [4.78, 5) is 0.275. The number of benzene rings is 2. The first kappa shape index (κ1) is 11.7. The van der Waals surface area contributed by atoms with Crippen LogP contribution in [0.3, 0.4) is 0 Å². The maximum atomic E-state index is 10.7. The number of rotatable bonds is 3. The quantitative estimate of drug-likeness (QED) is 0.845. The zero-order chi connectivity index (χ0) is 12.3. The molecule has 2 aromatic carbocycles. The minimum absolute atomic E-state index is 0.275. The van der Waals surface area contributed by atoms with E-state index >= 15 is 0 Å². The summed E-state index contributed by atoms with van der Waals surface area (Å²) < 4.78 is 26.5. The summed E-state index contributed by atoms with van der Waals surface area (Å²) in [7, 11) is -0.924. The van der Waals surface area contributed by atoms with Crippen molar-refractivity contribution in [3.05, 3.63) is 48.5 Å². The second-order valence-electron chi connectivity index (χ2n) is 3.45. The van der Waals surface area contributed by atoms with Gasteiger partial charge in [0, 0.05) is 0 Å². The Morgan fingerprint density at radius 2 is 1.76 bits per heavy atom. The van der Waals surface area contributed by atoms with Gasteiger partial charge in [0.1, 0.15) is 5.75 Å². The molecule has 0 aliphatic rings. The highest BCUT2D eigenvalue weighted by Crippen LogP contribution is 2.22. The minimum Gasteiger partial charge on any atom is -0.497 e. The molecule has 0 amide bonds. The van der Waals surface area contributed by atoms with Gasteiger partial charge in [-0.05, 0) is 41.5 Å². The van der Waals surface area contributed by atoms with Crippen molar-refractivity contribution in [3.8, 4) is 16.9 Å². The van der Waals surface area contributed by atoms with Gasteiger partial charge in [0.15, 0.2) is 10.7 Å². The molecular weight excluding hydrogens is 236 g/mol. The van der Waals surface area contributed by atoms with Gasteiger partial charge in [-0.15, -0.1) is 0 Å². The molecule has 0 spiro atoms. The first-order valence-corrected chi connectivity index (χ1v) is 6.19. The van der Waals surface area contributed by atoms with Crippen LogP contribution in [0.4, 0.5) is 0 Å². The molecule has 0 saturated heterocycles. The van der Waals surface area contributed by atoms with Crippen LogP contribution in [0, 0.1) is 6.07 Å². The van der Waals surface area contributed by atoms with E-state index in [1.54, 1.807) is 19.2 Å². The van der Waals surface area contributed by atoms with E-state index in [9.17, 15) is 8.42 Å². The van der Waals surface area contributed by atoms with Crippen LogP contribution in [0.25, 0.3) is 11.1 Å². The van der Waals surface area contributed by atoms with E-state index in [4.69, 9.17) is 4.74 Å². The molecular formula is C13H11O3S. The van der Waals surface area contributed by atoms with Crippen LogP contribution >= 0.6 is 0 Å². The molecule has 0 aliphatic heterocycles. The molecule has 2 aromatic rings. The Hall–Kier alpha value is -1.81. The lowest BCUT2D eigenvalue weighted by molar-refractivity contribution is 0.415. The lowest BCUT2D eigenvalue weighted by Gasteiger charge is -2.03. The average Bonchev–Trinajstić information content (AvgIpc) is 2.39. The number of hydrogen-bond donors (Lipinski definition) is 1. The lowest BCUT2D eigenvalue weighted by atomic mass is 10.1. The van der Waals surface area contributed by atoms with Crippen LogP contribution in [-0.4, -0.2) is 15.5 Å². The highest BCUT2D eigenvalue weighted by molar-refractivity contribution is 7.72. The Labute approximate surface area is 102 Å². The first-order chi connectivity index (χ1) is 8.20. The van der Waals surface area contributed by atoms with E-state index in [-0.39, 0.29) is 4.90 Å². The molecule has 2 rings (SSSR count). The van der Waals surface area contributed by atoms with E-state index in [1.807, 2.05) is 24.3 Å². The Kier molecular flexibility index (Phi) is 3.44. The van der Waals surface area contributed by atoms with Gasteiger partial charge in [-0.25, -0.2) is 8.42 Å². The average molecular weight is 247 g/mol. The highest BCUT2D eigenvalue weighted by atomic mass is 32.2. The molecule has 0 aliphatic carbocycles. The fourth-order valence-electron chi connectivity index (χ4n) is 1.48. The van der Waals surface area contributed by atoms with Crippen LogP contribution in [0.5, 0.6) is 5.75 Å². The summed E-state index contributed by atoms with van der Waals surface area (Å²) in [6.45, 7) is 0. The Morgan fingerprint density at radius 1 is 1.06 bits per heavy atom. The minimum atomic E-state index is -2.54. The maximum absolute atomic E-state index is 10.7. The van der Waals surface area contributed by atoms with Gasteiger partial charge >= 0.3 is 0 Å². The van der Waals surface area contributed by atoms with Gasteiger partial charge in [0.05, 0.1) is 12.0 Å². The summed E-state index contributed by atoms with van der Waals surface area (Å²) in [6, 6.07) is 15.2. The van der Waals surface area contributed by atoms with Crippen molar-refractivity contribution in [1.82, 2.24) is 0 Å². The molecule has 1 radical (unpaired) electrons. The van der Waals surface area contributed by atoms with Crippen molar-refractivity contribution in [1.29, 1.82) is 0 Å². The predicted molar refractivity (Wildman–Crippen MR) is 65.8 cm³/mol. The third-order valence-electron chi connectivity index (χ3n) is 2.41. The molecule has 0 bridgehead atoms. The van der Waals surface area contributed by atoms with Crippen LogP contribution in [0.15, 0.2) is 47.4 Å². The third kappa shape index (κ3) is 2.65. The molecule has 3 nitrogen and oxygen atoms in total. The van der Waals surface area contributed by atoms with Gasteiger partial charge in [-0.1, -0.05) is 18.2 Å². The van der Waals surface area contributed by atoms with Gasteiger partial charge < -0.3 is 4.74 Å². The summed E-state index contributed by atoms with van der Waals surface area (Å²) in [5, 5.41) is 0. The largest absolute Gasteiger partial charge is 0.497 e. The van der Waals surface area contributed by atoms with Crippen molar-refractivity contribution in [2.75, 3.05) is 7.11 Å². The number of ether oxygens (including phenoxy) is 1. The lowest BCUT2D eigenvalue weighted by Crippen LogP contribution is -1.84. The Balaban J connectivity index is 2.32. The fourth-order valence-corrected chi connectivity index (χ4v) is 1.85. The SMILES string of the molecule is COc1ccc(-c2[c]cc([SH](=O)=O)cc2)cc1. The van der Waals surface area contributed by atoms with Crippen molar-refractivity contribution >= 4 is 10.7 Å². The molecule has 17 heavy (non-hydrogen) atoms. The van der Waals surface area contributed by atoms with Gasteiger partial charge in [-0.3, -0.25) is 0 Å².